The quantitative estimate of drug-likeness (QED) is 0.551. The second kappa shape index (κ2) is 8.81. The van der Waals surface area contributed by atoms with Crippen LogP contribution in [0.5, 0.6) is 0 Å². The lowest BCUT2D eigenvalue weighted by atomic mass is 10.1. The molecule has 0 unspecified atom stereocenters. The number of hydrogen-bond acceptors (Lipinski definition) is 2. The molecule has 1 N–H and O–H groups in total. The largest absolute Gasteiger partial charge is 0.392 e. The summed E-state index contributed by atoms with van der Waals surface area (Å²) in [6.07, 6.45) is 7.89. The van der Waals surface area contributed by atoms with Gasteiger partial charge < -0.3 is 9.84 Å². The van der Waals surface area contributed by atoms with Crippen LogP contribution in [0.1, 0.15) is 31.2 Å². The Bertz CT molecular complexity index is 327. The van der Waals surface area contributed by atoms with Crippen LogP contribution in [0.3, 0.4) is 0 Å². The zero-order valence-electron chi connectivity index (χ0n) is 10.1. The Hall–Kier alpha value is -1.30. The van der Waals surface area contributed by atoms with Gasteiger partial charge in [-0.2, -0.15) is 0 Å². The smallest absolute Gasteiger partial charge is 0.0716 e. The molecule has 2 heteroatoms. The van der Waals surface area contributed by atoms with Crippen LogP contribution < -0.4 is 0 Å². The molecule has 1 atom stereocenters. The molecule has 0 spiro atoms. The first-order chi connectivity index (χ1) is 8.33. The van der Waals surface area contributed by atoms with Crippen LogP contribution in [-0.2, 0) is 11.3 Å². The average molecular weight is 232 g/mol. The molecular formula is C15H20O2. The van der Waals surface area contributed by atoms with Crippen LogP contribution in [0, 0.1) is 12.3 Å². The lowest BCUT2D eigenvalue weighted by molar-refractivity contribution is 0.110. The van der Waals surface area contributed by atoms with Crippen LogP contribution >= 0.6 is 0 Å². The van der Waals surface area contributed by atoms with Crippen molar-refractivity contribution < 1.29 is 9.84 Å². The summed E-state index contributed by atoms with van der Waals surface area (Å²) in [5.41, 5.74) is 1.19. The summed E-state index contributed by atoms with van der Waals surface area (Å²) in [6, 6.07) is 10.1. The van der Waals surface area contributed by atoms with E-state index in [2.05, 4.69) is 18.1 Å². The standard InChI is InChI=1S/C15H20O2/c1-2-8-15(16)11-6-7-12-17-13-14-9-4-3-5-10-14/h1,3-5,9-10,15-16H,6-8,11-13H2/t15-/m0/s1. The molecule has 0 heterocycles. The van der Waals surface area contributed by atoms with Gasteiger partial charge in [0, 0.05) is 13.0 Å². The average Bonchev–Trinajstić information content (AvgIpc) is 2.35. The predicted molar refractivity (Wildman–Crippen MR) is 69.4 cm³/mol. The minimum absolute atomic E-state index is 0.353. The van der Waals surface area contributed by atoms with E-state index in [1.54, 1.807) is 0 Å². The number of aliphatic hydroxyl groups is 1. The number of aliphatic hydroxyl groups excluding tert-OH is 1. The topological polar surface area (TPSA) is 29.5 Å². The highest BCUT2D eigenvalue weighted by molar-refractivity contribution is 5.13. The van der Waals surface area contributed by atoms with Crippen LogP contribution in [0.2, 0.25) is 0 Å². The third kappa shape index (κ3) is 6.78. The van der Waals surface area contributed by atoms with Gasteiger partial charge in [0.25, 0.3) is 0 Å². The molecule has 0 saturated carbocycles. The van der Waals surface area contributed by atoms with E-state index >= 15 is 0 Å². The normalized spacial score (nSPS) is 12.0. The monoisotopic (exact) mass is 232 g/mol. The van der Waals surface area contributed by atoms with Gasteiger partial charge in [0.15, 0.2) is 0 Å². The maximum Gasteiger partial charge on any atom is 0.0716 e. The van der Waals surface area contributed by atoms with Gasteiger partial charge in [0.1, 0.15) is 0 Å². The molecule has 2 nitrogen and oxygen atoms in total. The molecule has 0 saturated heterocycles. The lowest BCUT2D eigenvalue weighted by Gasteiger charge is -2.07. The second-order valence-electron chi connectivity index (χ2n) is 4.10. The molecule has 1 rings (SSSR count). The first kappa shape index (κ1) is 13.8. The summed E-state index contributed by atoms with van der Waals surface area (Å²) >= 11 is 0. The molecule has 0 aromatic heterocycles. The summed E-state index contributed by atoms with van der Waals surface area (Å²) < 4.78 is 5.54. The number of unbranched alkanes of at least 4 members (excludes halogenated alkanes) is 1. The maximum atomic E-state index is 9.40. The molecule has 0 amide bonds. The van der Waals surface area contributed by atoms with Gasteiger partial charge in [-0.25, -0.2) is 0 Å². The summed E-state index contributed by atoms with van der Waals surface area (Å²) in [5.74, 6) is 2.46. The summed E-state index contributed by atoms with van der Waals surface area (Å²) in [5, 5.41) is 9.40. The minimum atomic E-state index is -0.353. The maximum absolute atomic E-state index is 9.40. The summed E-state index contributed by atoms with van der Waals surface area (Å²) in [4.78, 5) is 0. The molecular weight excluding hydrogens is 212 g/mol. The Balaban J connectivity index is 1.97. The predicted octanol–water partition coefficient (Wildman–Crippen LogP) is 2.76. The fraction of sp³-hybridized carbons (Fsp3) is 0.467. The van der Waals surface area contributed by atoms with E-state index in [9.17, 15) is 5.11 Å². The molecule has 17 heavy (non-hydrogen) atoms. The van der Waals surface area contributed by atoms with Gasteiger partial charge in [0.2, 0.25) is 0 Å². The summed E-state index contributed by atoms with van der Waals surface area (Å²) in [6.45, 7) is 1.39. The van der Waals surface area contributed by atoms with E-state index in [0.717, 1.165) is 25.9 Å². The van der Waals surface area contributed by atoms with Crippen molar-refractivity contribution in [2.75, 3.05) is 6.61 Å². The van der Waals surface area contributed by atoms with E-state index in [1.807, 2.05) is 18.2 Å². The van der Waals surface area contributed by atoms with Crippen molar-refractivity contribution in [1.82, 2.24) is 0 Å². The van der Waals surface area contributed by atoms with Crippen LogP contribution in [0.15, 0.2) is 30.3 Å². The minimum Gasteiger partial charge on any atom is -0.392 e. The van der Waals surface area contributed by atoms with Gasteiger partial charge in [-0.05, 0) is 24.8 Å². The highest BCUT2D eigenvalue weighted by Crippen LogP contribution is 2.05. The van der Waals surface area contributed by atoms with Crippen LogP contribution in [0.25, 0.3) is 0 Å². The third-order valence-electron chi connectivity index (χ3n) is 2.54. The molecule has 0 aliphatic rings. The molecule has 0 fully saturated rings. The zero-order chi connectivity index (χ0) is 12.3. The Morgan fingerprint density at radius 3 is 2.71 bits per heavy atom. The number of terminal acetylenes is 1. The van der Waals surface area contributed by atoms with Crippen LogP contribution in [0.4, 0.5) is 0 Å². The Kier molecular flexibility index (Phi) is 7.13. The van der Waals surface area contributed by atoms with Gasteiger partial charge in [-0.1, -0.05) is 30.3 Å². The van der Waals surface area contributed by atoms with E-state index in [0.29, 0.717) is 13.0 Å². The first-order valence-electron chi connectivity index (χ1n) is 6.06. The SMILES string of the molecule is C#CC[C@H](O)CCCCOCc1ccccc1. The Morgan fingerprint density at radius 1 is 1.24 bits per heavy atom. The van der Waals surface area contributed by atoms with Gasteiger partial charge >= 0.3 is 0 Å². The van der Waals surface area contributed by atoms with Gasteiger partial charge in [-0.15, -0.1) is 12.3 Å². The van der Waals surface area contributed by atoms with Crippen molar-refractivity contribution in [3.63, 3.8) is 0 Å². The van der Waals surface area contributed by atoms with Crippen molar-refractivity contribution in [2.45, 2.75) is 38.4 Å². The van der Waals surface area contributed by atoms with E-state index in [-0.39, 0.29) is 6.10 Å². The molecule has 0 radical (unpaired) electrons. The van der Waals surface area contributed by atoms with Crippen molar-refractivity contribution in [3.05, 3.63) is 35.9 Å². The van der Waals surface area contributed by atoms with Crippen molar-refractivity contribution >= 4 is 0 Å². The van der Waals surface area contributed by atoms with E-state index in [4.69, 9.17) is 11.2 Å². The molecule has 92 valence electrons. The summed E-state index contributed by atoms with van der Waals surface area (Å²) in [7, 11) is 0. The number of hydrogen-bond donors (Lipinski definition) is 1. The molecule has 0 aliphatic heterocycles. The number of benzene rings is 1. The first-order valence-corrected chi connectivity index (χ1v) is 6.06. The fourth-order valence-corrected chi connectivity index (χ4v) is 1.59. The van der Waals surface area contributed by atoms with Gasteiger partial charge in [-0.3, -0.25) is 0 Å². The Morgan fingerprint density at radius 2 is 2.00 bits per heavy atom. The molecule has 0 bridgehead atoms. The van der Waals surface area contributed by atoms with E-state index in [1.165, 1.54) is 5.56 Å². The molecule has 0 aliphatic carbocycles. The van der Waals surface area contributed by atoms with Crippen molar-refractivity contribution in [2.24, 2.45) is 0 Å². The van der Waals surface area contributed by atoms with Gasteiger partial charge in [0.05, 0.1) is 12.7 Å². The Labute approximate surface area is 104 Å². The number of ether oxygens (including phenoxy) is 1. The van der Waals surface area contributed by atoms with Crippen molar-refractivity contribution in [1.29, 1.82) is 0 Å². The highest BCUT2D eigenvalue weighted by atomic mass is 16.5. The molecule has 1 aromatic carbocycles. The fourth-order valence-electron chi connectivity index (χ4n) is 1.59. The number of rotatable bonds is 8. The highest BCUT2D eigenvalue weighted by Gasteiger charge is 2.01. The zero-order valence-corrected chi connectivity index (χ0v) is 10.1. The molecule has 1 aromatic rings. The third-order valence-corrected chi connectivity index (χ3v) is 2.54. The van der Waals surface area contributed by atoms with E-state index < -0.39 is 0 Å². The lowest BCUT2D eigenvalue weighted by Crippen LogP contribution is -2.05. The second-order valence-corrected chi connectivity index (χ2v) is 4.10. The van der Waals surface area contributed by atoms with Crippen molar-refractivity contribution in [3.8, 4) is 12.3 Å². The van der Waals surface area contributed by atoms with Crippen LogP contribution in [-0.4, -0.2) is 17.8 Å².